The number of nitrogens with zero attached hydrogens (tertiary/aromatic N) is 1. The lowest BCUT2D eigenvalue weighted by Crippen LogP contribution is -2.47. The van der Waals surface area contributed by atoms with Crippen LogP contribution in [0.1, 0.15) is 32.6 Å². The molecule has 1 rings (SSSR count). The quantitative estimate of drug-likeness (QED) is 0.744. The summed E-state index contributed by atoms with van der Waals surface area (Å²) >= 11 is 0. The van der Waals surface area contributed by atoms with Gasteiger partial charge in [0.05, 0.1) is 6.04 Å². The molecule has 0 aromatic heterocycles. The molecule has 1 amide bonds. The van der Waals surface area contributed by atoms with Gasteiger partial charge in [-0.1, -0.05) is 0 Å². The first kappa shape index (κ1) is 12.2. The highest BCUT2D eigenvalue weighted by molar-refractivity contribution is 5.81. The molecule has 0 aliphatic heterocycles. The zero-order valence-electron chi connectivity index (χ0n) is 9.75. The van der Waals surface area contributed by atoms with Gasteiger partial charge in [-0.3, -0.25) is 14.5 Å². The van der Waals surface area contributed by atoms with E-state index in [0.717, 1.165) is 12.8 Å². The van der Waals surface area contributed by atoms with Crippen molar-refractivity contribution < 1.29 is 9.59 Å². The molecule has 4 heteroatoms. The van der Waals surface area contributed by atoms with Crippen LogP contribution >= 0.6 is 0 Å². The molecule has 0 aromatic carbocycles. The number of amides is 1. The SMILES string of the molecule is CNC(=O)C(C)N(C)C1CCC(=O)CC1. The van der Waals surface area contributed by atoms with Crippen LogP contribution in [0.2, 0.25) is 0 Å². The van der Waals surface area contributed by atoms with E-state index in [0.29, 0.717) is 24.7 Å². The summed E-state index contributed by atoms with van der Waals surface area (Å²) in [6.45, 7) is 1.90. The second-order valence-electron chi connectivity index (χ2n) is 4.23. The van der Waals surface area contributed by atoms with E-state index in [4.69, 9.17) is 0 Å². The molecule has 1 aliphatic rings. The number of nitrogens with one attached hydrogen (secondary N) is 1. The molecule has 1 N–H and O–H groups in total. The zero-order chi connectivity index (χ0) is 11.4. The topological polar surface area (TPSA) is 49.4 Å². The van der Waals surface area contributed by atoms with Crippen LogP contribution in [0.3, 0.4) is 0 Å². The minimum absolute atomic E-state index is 0.0365. The van der Waals surface area contributed by atoms with Gasteiger partial charge in [-0.25, -0.2) is 0 Å². The van der Waals surface area contributed by atoms with Crippen LogP contribution in [0.5, 0.6) is 0 Å². The Kier molecular flexibility index (Phi) is 4.27. The first-order chi connectivity index (χ1) is 7.06. The summed E-state index contributed by atoms with van der Waals surface area (Å²) in [4.78, 5) is 24.6. The number of Topliss-reactive ketones (excluding diaryl/α,β-unsaturated/α-hetero) is 1. The van der Waals surface area contributed by atoms with Crippen molar-refractivity contribution in [3.05, 3.63) is 0 Å². The van der Waals surface area contributed by atoms with Gasteiger partial charge in [0.15, 0.2) is 0 Å². The summed E-state index contributed by atoms with van der Waals surface area (Å²) < 4.78 is 0. The maximum atomic E-state index is 11.4. The Labute approximate surface area is 91.0 Å². The van der Waals surface area contributed by atoms with E-state index in [1.807, 2.05) is 14.0 Å². The fourth-order valence-electron chi connectivity index (χ4n) is 2.04. The van der Waals surface area contributed by atoms with Crippen LogP contribution < -0.4 is 5.32 Å². The molecule has 1 unspecified atom stereocenters. The predicted octanol–water partition coefficient (Wildman–Crippen LogP) is 0.564. The molecule has 4 nitrogen and oxygen atoms in total. The number of rotatable bonds is 3. The predicted molar refractivity (Wildman–Crippen MR) is 58.6 cm³/mol. The molecular formula is C11H20N2O2. The number of hydrogen-bond acceptors (Lipinski definition) is 3. The monoisotopic (exact) mass is 212 g/mol. The van der Waals surface area contributed by atoms with E-state index in [9.17, 15) is 9.59 Å². The number of carbonyl (C=O) groups excluding carboxylic acids is 2. The van der Waals surface area contributed by atoms with Crippen LogP contribution in [-0.2, 0) is 9.59 Å². The summed E-state index contributed by atoms with van der Waals surface area (Å²) in [5.41, 5.74) is 0. The molecular weight excluding hydrogens is 192 g/mol. The first-order valence-electron chi connectivity index (χ1n) is 5.51. The van der Waals surface area contributed by atoms with Crippen molar-refractivity contribution in [1.82, 2.24) is 10.2 Å². The Morgan fingerprint density at radius 2 is 2.00 bits per heavy atom. The summed E-state index contributed by atoms with van der Waals surface area (Å²) in [7, 11) is 3.61. The van der Waals surface area contributed by atoms with E-state index < -0.39 is 0 Å². The molecule has 0 radical (unpaired) electrons. The fraction of sp³-hybridized carbons (Fsp3) is 0.818. The van der Waals surface area contributed by atoms with E-state index in [1.54, 1.807) is 7.05 Å². The minimum Gasteiger partial charge on any atom is -0.358 e. The zero-order valence-corrected chi connectivity index (χ0v) is 9.75. The minimum atomic E-state index is -0.117. The van der Waals surface area contributed by atoms with E-state index in [-0.39, 0.29) is 11.9 Å². The standard InChI is InChI=1S/C11H20N2O2/c1-8(11(15)12-2)13(3)9-4-6-10(14)7-5-9/h8-9H,4-7H2,1-3H3,(H,12,15). The lowest BCUT2D eigenvalue weighted by molar-refractivity contribution is -0.126. The summed E-state index contributed by atoms with van der Waals surface area (Å²) in [5, 5.41) is 2.65. The molecule has 15 heavy (non-hydrogen) atoms. The third kappa shape index (κ3) is 3.02. The average Bonchev–Trinajstić information content (AvgIpc) is 2.27. The molecule has 0 spiro atoms. The maximum absolute atomic E-state index is 11.4. The highest BCUT2D eigenvalue weighted by atomic mass is 16.2. The van der Waals surface area contributed by atoms with Crippen LogP contribution in [0.25, 0.3) is 0 Å². The van der Waals surface area contributed by atoms with Crippen LogP contribution in [-0.4, -0.2) is 42.8 Å². The van der Waals surface area contributed by atoms with Gasteiger partial charge in [-0.15, -0.1) is 0 Å². The van der Waals surface area contributed by atoms with Crippen molar-refractivity contribution >= 4 is 11.7 Å². The van der Waals surface area contributed by atoms with Gasteiger partial charge < -0.3 is 5.32 Å². The number of hydrogen-bond donors (Lipinski definition) is 1. The Balaban J connectivity index is 2.49. The largest absolute Gasteiger partial charge is 0.358 e. The molecule has 1 atom stereocenters. The lowest BCUT2D eigenvalue weighted by Gasteiger charge is -2.34. The van der Waals surface area contributed by atoms with Crippen molar-refractivity contribution in [2.75, 3.05) is 14.1 Å². The van der Waals surface area contributed by atoms with Crippen molar-refractivity contribution in [2.45, 2.75) is 44.7 Å². The van der Waals surface area contributed by atoms with Gasteiger partial charge in [0.25, 0.3) is 0 Å². The normalized spacial score (nSPS) is 20.4. The van der Waals surface area contributed by atoms with E-state index >= 15 is 0 Å². The molecule has 1 aliphatic carbocycles. The number of ketones is 1. The lowest BCUT2D eigenvalue weighted by atomic mass is 9.92. The van der Waals surface area contributed by atoms with Gasteiger partial charge in [0.1, 0.15) is 5.78 Å². The molecule has 1 fully saturated rings. The molecule has 0 bridgehead atoms. The summed E-state index contributed by atoms with van der Waals surface area (Å²) in [5.74, 6) is 0.390. The van der Waals surface area contributed by atoms with Crippen LogP contribution in [0, 0.1) is 0 Å². The number of likely N-dealkylation sites (N-methyl/N-ethyl adjacent to an activating group) is 2. The third-order valence-corrected chi connectivity index (χ3v) is 3.33. The van der Waals surface area contributed by atoms with Gasteiger partial charge in [0.2, 0.25) is 5.91 Å². The summed E-state index contributed by atoms with van der Waals surface area (Å²) in [6.07, 6.45) is 3.10. The first-order valence-corrected chi connectivity index (χ1v) is 5.51. The van der Waals surface area contributed by atoms with E-state index in [2.05, 4.69) is 10.2 Å². The van der Waals surface area contributed by atoms with Crippen LogP contribution in [0.4, 0.5) is 0 Å². The highest BCUT2D eigenvalue weighted by Gasteiger charge is 2.27. The molecule has 0 saturated heterocycles. The Morgan fingerprint density at radius 1 is 1.47 bits per heavy atom. The van der Waals surface area contributed by atoms with Gasteiger partial charge in [0, 0.05) is 25.9 Å². The fourth-order valence-corrected chi connectivity index (χ4v) is 2.04. The second-order valence-corrected chi connectivity index (χ2v) is 4.23. The Morgan fingerprint density at radius 3 is 2.47 bits per heavy atom. The van der Waals surface area contributed by atoms with Crippen molar-refractivity contribution in [1.29, 1.82) is 0 Å². The third-order valence-electron chi connectivity index (χ3n) is 3.33. The molecule has 1 saturated carbocycles. The van der Waals surface area contributed by atoms with Crippen molar-refractivity contribution in [3.8, 4) is 0 Å². The van der Waals surface area contributed by atoms with Crippen molar-refractivity contribution in [2.24, 2.45) is 0 Å². The highest BCUT2D eigenvalue weighted by Crippen LogP contribution is 2.20. The Bertz CT molecular complexity index is 243. The van der Waals surface area contributed by atoms with Crippen molar-refractivity contribution in [3.63, 3.8) is 0 Å². The smallest absolute Gasteiger partial charge is 0.236 e. The van der Waals surface area contributed by atoms with Crippen LogP contribution in [0.15, 0.2) is 0 Å². The average molecular weight is 212 g/mol. The number of carbonyl (C=O) groups is 2. The molecule has 86 valence electrons. The summed E-state index contributed by atoms with van der Waals surface area (Å²) in [6, 6.07) is 0.253. The molecule has 0 aromatic rings. The van der Waals surface area contributed by atoms with E-state index in [1.165, 1.54) is 0 Å². The maximum Gasteiger partial charge on any atom is 0.236 e. The second kappa shape index (κ2) is 5.26. The van der Waals surface area contributed by atoms with Gasteiger partial charge in [-0.05, 0) is 26.8 Å². The molecule has 0 heterocycles. The van der Waals surface area contributed by atoms with Gasteiger partial charge in [-0.2, -0.15) is 0 Å². The Hall–Kier alpha value is -0.900. The van der Waals surface area contributed by atoms with Gasteiger partial charge >= 0.3 is 0 Å².